The molecule has 72 valence electrons. The molecule has 0 radical (unpaired) electrons. The van der Waals surface area contributed by atoms with E-state index in [-0.39, 0.29) is 0 Å². The smallest absolute Gasteiger partial charge is 0.0631 e. The summed E-state index contributed by atoms with van der Waals surface area (Å²) in [7, 11) is 0. The van der Waals surface area contributed by atoms with E-state index in [1.807, 2.05) is 25.1 Å². The number of halogens is 1. The van der Waals surface area contributed by atoms with Gasteiger partial charge in [-0.15, -0.1) is 0 Å². The lowest BCUT2D eigenvalue weighted by Crippen LogP contribution is -2.21. The summed E-state index contributed by atoms with van der Waals surface area (Å²) >= 11 is 5.90. The van der Waals surface area contributed by atoms with Crippen molar-refractivity contribution in [3.63, 3.8) is 0 Å². The van der Waals surface area contributed by atoms with Gasteiger partial charge in [0.25, 0.3) is 0 Å². The van der Waals surface area contributed by atoms with E-state index in [1.54, 1.807) is 13.8 Å². The van der Waals surface area contributed by atoms with E-state index in [9.17, 15) is 5.11 Å². The van der Waals surface area contributed by atoms with Crippen molar-refractivity contribution in [3.05, 3.63) is 34.3 Å². The lowest BCUT2D eigenvalue weighted by atomic mass is 9.98. The molecular weight excluding hydrogens is 184 g/mol. The van der Waals surface area contributed by atoms with Gasteiger partial charge in [0.2, 0.25) is 0 Å². The lowest BCUT2D eigenvalue weighted by molar-refractivity contribution is 0.0810. The number of aliphatic hydroxyl groups is 1. The number of hydrogen-bond acceptors (Lipinski definition) is 1. The first-order valence-corrected chi connectivity index (χ1v) is 4.73. The molecule has 1 N–H and O–H groups in total. The molecule has 1 aromatic carbocycles. The van der Waals surface area contributed by atoms with E-state index >= 15 is 0 Å². The fourth-order valence-corrected chi connectivity index (χ4v) is 1.73. The molecule has 2 heteroatoms. The van der Waals surface area contributed by atoms with Crippen molar-refractivity contribution in [1.29, 1.82) is 0 Å². The minimum atomic E-state index is -0.670. The molecule has 0 aliphatic carbocycles. The molecule has 0 bridgehead atoms. The van der Waals surface area contributed by atoms with Crippen LogP contribution in [0.1, 0.15) is 25.0 Å². The van der Waals surface area contributed by atoms with E-state index in [0.29, 0.717) is 6.42 Å². The van der Waals surface area contributed by atoms with E-state index in [4.69, 9.17) is 11.6 Å². The Morgan fingerprint density at radius 2 is 1.92 bits per heavy atom. The van der Waals surface area contributed by atoms with Crippen molar-refractivity contribution in [2.75, 3.05) is 0 Å². The van der Waals surface area contributed by atoms with Crippen molar-refractivity contribution in [1.82, 2.24) is 0 Å². The zero-order chi connectivity index (χ0) is 10.1. The quantitative estimate of drug-likeness (QED) is 0.775. The summed E-state index contributed by atoms with van der Waals surface area (Å²) in [6, 6.07) is 5.85. The van der Waals surface area contributed by atoms with Gasteiger partial charge >= 0.3 is 0 Å². The third-order valence-electron chi connectivity index (χ3n) is 1.74. The van der Waals surface area contributed by atoms with Gasteiger partial charge in [-0.2, -0.15) is 0 Å². The molecule has 0 spiro atoms. The highest BCUT2D eigenvalue weighted by Crippen LogP contribution is 2.18. The number of benzene rings is 1. The second-order valence-electron chi connectivity index (χ2n) is 4.13. The number of rotatable bonds is 2. The highest BCUT2D eigenvalue weighted by Gasteiger charge is 2.13. The van der Waals surface area contributed by atoms with Crippen LogP contribution in [-0.2, 0) is 6.42 Å². The summed E-state index contributed by atoms with van der Waals surface area (Å²) in [5.41, 5.74) is 1.54. The van der Waals surface area contributed by atoms with Crippen LogP contribution in [0.25, 0.3) is 0 Å². The summed E-state index contributed by atoms with van der Waals surface area (Å²) in [5, 5.41) is 10.3. The maximum absolute atomic E-state index is 9.61. The van der Waals surface area contributed by atoms with Crippen molar-refractivity contribution in [2.45, 2.75) is 32.8 Å². The Morgan fingerprint density at radius 1 is 1.31 bits per heavy atom. The molecule has 0 fully saturated rings. The summed E-state index contributed by atoms with van der Waals surface area (Å²) in [6.45, 7) is 5.59. The first-order valence-electron chi connectivity index (χ1n) is 4.35. The van der Waals surface area contributed by atoms with Crippen molar-refractivity contribution in [2.24, 2.45) is 0 Å². The highest BCUT2D eigenvalue weighted by molar-refractivity contribution is 6.30. The molecular formula is C11H15ClO. The first-order chi connectivity index (χ1) is 5.87. The average Bonchev–Trinajstić information content (AvgIpc) is 1.78. The fourth-order valence-electron chi connectivity index (χ4n) is 1.41. The summed E-state index contributed by atoms with van der Waals surface area (Å²) in [5.74, 6) is 0. The van der Waals surface area contributed by atoms with Crippen LogP contribution in [0.2, 0.25) is 5.02 Å². The Bertz CT molecular complexity index is 279. The van der Waals surface area contributed by atoms with Gasteiger partial charge < -0.3 is 5.11 Å². The SMILES string of the molecule is Cc1cc(Cl)cc(CC(C)(C)O)c1. The lowest BCUT2D eigenvalue weighted by Gasteiger charge is -2.17. The highest BCUT2D eigenvalue weighted by atomic mass is 35.5. The largest absolute Gasteiger partial charge is 0.390 e. The normalized spacial score (nSPS) is 11.8. The summed E-state index contributed by atoms with van der Waals surface area (Å²) in [4.78, 5) is 0. The predicted molar refractivity (Wildman–Crippen MR) is 56.2 cm³/mol. The van der Waals surface area contributed by atoms with Crippen LogP contribution < -0.4 is 0 Å². The second-order valence-corrected chi connectivity index (χ2v) is 4.56. The molecule has 0 atom stereocenters. The molecule has 1 aromatic rings. The standard InChI is InChI=1S/C11H15ClO/c1-8-4-9(6-10(12)5-8)7-11(2,3)13/h4-6,13H,7H2,1-3H3. The van der Waals surface area contributed by atoms with Gasteiger partial charge in [0, 0.05) is 11.4 Å². The molecule has 0 aromatic heterocycles. The molecule has 13 heavy (non-hydrogen) atoms. The van der Waals surface area contributed by atoms with Gasteiger partial charge in [0.1, 0.15) is 0 Å². The van der Waals surface area contributed by atoms with Crippen molar-refractivity contribution < 1.29 is 5.11 Å². The minimum Gasteiger partial charge on any atom is -0.390 e. The fraction of sp³-hybridized carbons (Fsp3) is 0.455. The van der Waals surface area contributed by atoms with Crippen molar-refractivity contribution in [3.8, 4) is 0 Å². The predicted octanol–water partition coefficient (Wildman–Crippen LogP) is 2.96. The minimum absolute atomic E-state index is 0.633. The molecule has 0 unspecified atom stereocenters. The molecule has 1 rings (SSSR count). The van der Waals surface area contributed by atoms with Gasteiger partial charge in [-0.3, -0.25) is 0 Å². The third-order valence-corrected chi connectivity index (χ3v) is 1.96. The number of hydrogen-bond donors (Lipinski definition) is 1. The Morgan fingerprint density at radius 3 is 2.38 bits per heavy atom. The maximum Gasteiger partial charge on any atom is 0.0631 e. The molecule has 0 amide bonds. The van der Waals surface area contributed by atoms with Crippen LogP contribution in [0.15, 0.2) is 18.2 Å². The zero-order valence-corrected chi connectivity index (χ0v) is 9.02. The Labute approximate surface area is 84.4 Å². The molecule has 0 aliphatic rings. The summed E-state index contributed by atoms with van der Waals surface area (Å²) < 4.78 is 0. The van der Waals surface area contributed by atoms with E-state index in [0.717, 1.165) is 16.1 Å². The van der Waals surface area contributed by atoms with Crippen LogP contribution in [0.4, 0.5) is 0 Å². The zero-order valence-electron chi connectivity index (χ0n) is 8.26. The first kappa shape index (κ1) is 10.6. The molecule has 0 heterocycles. The van der Waals surface area contributed by atoms with Crippen LogP contribution in [0.5, 0.6) is 0 Å². The van der Waals surface area contributed by atoms with Crippen LogP contribution in [-0.4, -0.2) is 10.7 Å². The maximum atomic E-state index is 9.61. The molecule has 0 aliphatic heterocycles. The van der Waals surface area contributed by atoms with E-state index in [2.05, 4.69) is 0 Å². The van der Waals surface area contributed by atoms with Gasteiger partial charge in [-0.1, -0.05) is 17.7 Å². The Balaban J connectivity index is 2.90. The van der Waals surface area contributed by atoms with Crippen LogP contribution in [0.3, 0.4) is 0 Å². The van der Waals surface area contributed by atoms with Crippen LogP contribution >= 0.6 is 11.6 Å². The van der Waals surface area contributed by atoms with Gasteiger partial charge in [0.15, 0.2) is 0 Å². The van der Waals surface area contributed by atoms with Gasteiger partial charge in [-0.05, 0) is 44.0 Å². The monoisotopic (exact) mass is 198 g/mol. The second kappa shape index (κ2) is 3.69. The van der Waals surface area contributed by atoms with Crippen molar-refractivity contribution >= 4 is 11.6 Å². The Kier molecular flexibility index (Phi) is 2.99. The Hall–Kier alpha value is -0.530. The van der Waals surface area contributed by atoms with E-state index in [1.165, 1.54) is 0 Å². The van der Waals surface area contributed by atoms with Crippen LogP contribution in [0, 0.1) is 6.92 Å². The molecule has 1 nitrogen and oxygen atoms in total. The topological polar surface area (TPSA) is 20.2 Å². The van der Waals surface area contributed by atoms with Gasteiger partial charge in [-0.25, -0.2) is 0 Å². The van der Waals surface area contributed by atoms with E-state index < -0.39 is 5.60 Å². The summed E-state index contributed by atoms with van der Waals surface area (Å²) in [6.07, 6.45) is 0.633. The third kappa shape index (κ3) is 3.79. The number of aryl methyl sites for hydroxylation is 1. The van der Waals surface area contributed by atoms with Gasteiger partial charge in [0.05, 0.1) is 5.60 Å². The average molecular weight is 199 g/mol. The molecule has 0 saturated carbocycles. The molecule has 0 saturated heterocycles.